The van der Waals surface area contributed by atoms with Crippen LogP contribution in [0, 0.1) is 32.6 Å². The van der Waals surface area contributed by atoms with Gasteiger partial charge in [-0.1, -0.05) is 182 Å². The summed E-state index contributed by atoms with van der Waals surface area (Å²) < 4.78 is 0. The Hall–Kier alpha value is -5.72. The third-order valence-electron chi connectivity index (χ3n) is 11.7. The molecule has 0 aliphatic heterocycles. The van der Waals surface area contributed by atoms with Crippen LogP contribution in [0.2, 0.25) is 0 Å². The molecule has 2 atom stereocenters. The van der Waals surface area contributed by atoms with Gasteiger partial charge in [-0.25, -0.2) is 0 Å². The predicted octanol–water partition coefficient (Wildman–Crippen LogP) is 15.3. The van der Waals surface area contributed by atoms with E-state index >= 15 is 0 Å². The quantitative estimate of drug-likeness (QED) is 0.129. The molecule has 2 aliphatic carbocycles. The van der Waals surface area contributed by atoms with E-state index in [1.165, 1.54) is 104 Å². The molecule has 2 aliphatic rings. The summed E-state index contributed by atoms with van der Waals surface area (Å²) in [6.07, 6.45) is 14.1. The first-order valence-corrected chi connectivity index (χ1v) is 19.5. The van der Waals surface area contributed by atoms with Crippen LogP contribution in [0.5, 0.6) is 0 Å². The molecule has 0 fully saturated rings. The fourth-order valence-electron chi connectivity index (χ4n) is 9.43. The molecule has 8 aromatic carbocycles. The molecule has 0 heterocycles. The van der Waals surface area contributed by atoms with Gasteiger partial charge in [-0.3, -0.25) is 0 Å². The van der Waals surface area contributed by atoms with Crippen molar-refractivity contribution in [2.45, 2.75) is 47.5 Å². The van der Waals surface area contributed by atoms with E-state index in [4.69, 9.17) is 0 Å². The largest absolute Gasteiger partial charge is 0.0879 e. The minimum atomic E-state index is 0.491. The highest BCUT2D eigenvalue weighted by Gasteiger charge is 2.30. The minimum absolute atomic E-state index is 0.491. The number of hydrogen-bond donors (Lipinski definition) is 0. The maximum atomic E-state index is 2.46. The van der Waals surface area contributed by atoms with Crippen LogP contribution in [0.4, 0.5) is 0 Å². The number of fused-ring (bicyclic) bond motifs is 6. The average Bonchev–Trinajstić information content (AvgIpc) is 3.20. The monoisotopic (exact) mass is 682 g/mol. The SMILES string of the molecule is CC.Cc1ccc2c(-c3c4ccc(C)cc4c(-c4cccc5ccccc45)c4ccc(C)cc34)c3ccccc3c(C3=CC=CC4CC=CCC34)c2c1. The second kappa shape index (κ2) is 13.4. The molecule has 0 amide bonds. The van der Waals surface area contributed by atoms with Crippen molar-refractivity contribution in [3.05, 3.63) is 174 Å². The molecule has 0 nitrogen and oxygen atoms in total. The van der Waals surface area contributed by atoms with E-state index in [2.05, 4.69) is 172 Å². The van der Waals surface area contributed by atoms with Crippen molar-refractivity contribution in [2.75, 3.05) is 0 Å². The van der Waals surface area contributed by atoms with Crippen LogP contribution in [0.25, 0.3) is 81.7 Å². The average molecular weight is 683 g/mol. The highest BCUT2D eigenvalue weighted by molar-refractivity contribution is 6.30. The Morgan fingerprint density at radius 2 is 0.925 bits per heavy atom. The minimum Gasteiger partial charge on any atom is -0.0879 e. The first-order valence-electron chi connectivity index (χ1n) is 19.5. The van der Waals surface area contributed by atoms with Crippen molar-refractivity contribution in [3.8, 4) is 22.3 Å². The fraction of sp³-hybridized carbons (Fsp3) is 0.170. The first-order chi connectivity index (χ1) is 26.0. The number of aryl methyl sites for hydroxylation is 3. The summed E-state index contributed by atoms with van der Waals surface area (Å²) in [4.78, 5) is 0. The van der Waals surface area contributed by atoms with Crippen molar-refractivity contribution in [2.24, 2.45) is 11.8 Å². The fourth-order valence-corrected chi connectivity index (χ4v) is 9.43. The lowest BCUT2D eigenvalue weighted by Gasteiger charge is -2.33. The summed E-state index contributed by atoms with van der Waals surface area (Å²) in [6, 6.07) is 46.3. The maximum Gasteiger partial charge on any atom is -0.00138 e. The van der Waals surface area contributed by atoms with E-state index in [0.29, 0.717) is 11.8 Å². The molecule has 2 unspecified atom stereocenters. The van der Waals surface area contributed by atoms with E-state index in [9.17, 15) is 0 Å². The second-order valence-electron chi connectivity index (χ2n) is 14.9. The van der Waals surface area contributed by atoms with Gasteiger partial charge >= 0.3 is 0 Å². The molecule has 258 valence electrons. The van der Waals surface area contributed by atoms with Crippen LogP contribution in [-0.2, 0) is 0 Å². The van der Waals surface area contributed by atoms with Crippen LogP contribution in [0.1, 0.15) is 48.9 Å². The van der Waals surface area contributed by atoms with Gasteiger partial charge in [0.2, 0.25) is 0 Å². The number of benzene rings is 8. The van der Waals surface area contributed by atoms with Gasteiger partial charge < -0.3 is 0 Å². The number of hydrogen-bond acceptors (Lipinski definition) is 0. The van der Waals surface area contributed by atoms with E-state index in [0.717, 1.165) is 12.8 Å². The zero-order chi connectivity index (χ0) is 36.2. The molecule has 0 N–H and O–H groups in total. The molecule has 0 spiro atoms. The van der Waals surface area contributed by atoms with Crippen molar-refractivity contribution in [1.82, 2.24) is 0 Å². The molecular weight excluding hydrogens is 637 g/mol. The Morgan fingerprint density at radius 3 is 1.60 bits per heavy atom. The van der Waals surface area contributed by atoms with Crippen molar-refractivity contribution < 1.29 is 0 Å². The Kier molecular flexibility index (Phi) is 8.35. The normalized spacial score (nSPS) is 16.6. The zero-order valence-electron chi connectivity index (χ0n) is 31.5. The zero-order valence-corrected chi connectivity index (χ0v) is 31.5. The predicted molar refractivity (Wildman–Crippen MR) is 233 cm³/mol. The molecular formula is C53H46. The lowest BCUT2D eigenvalue weighted by Crippen LogP contribution is -2.19. The Bertz CT molecular complexity index is 2830. The van der Waals surface area contributed by atoms with Gasteiger partial charge in [0.15, 0.2) is 0 Å². The first kappa shape index (κ1) is 33.1. The van der Waals surface area contributed by atoms with E-state index in [-0.39, 0.29) is 0 Å². The Morgan fingerprint density at radius 1 is 0.434 bits per heavy atom. The van der Waals surface area contributed by atoms with Gasteiger partial charge in [-0.15, -0.1) is 0 Å². The van der Waals surface area contributed by atoms with Crippen molar-refractivity contribution in [1.29, 1.82) is 0 Å². The smallest absolute Gasteiger partial charge is 0.00138 e. The lowest BCUT2D eigenvalue weighted by atomic mass is 9.71. The molecule has 0 radical (unpaired) electrons. The summed E-state index contributed by atoms with van der Waals surface area (Å²) in [6.45, 7) is 10.7. The van der Waals surface area contributed by atoms with Gasteiger partial charge in [0.1, 0.15) is 0 Å². The molecule has 0 bridgehead atoms. The molecule has 0 saturated carbocycles. The molecule has 0 aromatic heterocycles. The van der Waals surface area contributed by atoms with E-state index in [1.54, 1.807) is 0 Å². The van der Waals surface area contributed by atoms with Gasteiger partial charge in [-0.05, 0) is 133 Å². The van der Waals surface area contributed by atoms with Gasteiger partial charge in [0.25, 0.3) is 0 Å². The standard InChI is InChI=1S/C51H40.C2H6/c1-31-23-26-43-45(28-31)48(38-20-10-14-34-12-4-6-16-36(34)38)40-18-8-9-19-41(40)50(43)51-44-27-24-32(2)29-46(44)49(42-25-22-33(3)30-47(42)51)39-21-11-15-35-13-5-7-17-37(35)39;1-2/h4-11,13-15,17-30,34,36H,12,16H2,1-3H3;1-2H3. The summed E-state index contributed by atoms with van der Waals surface area (Å²) in [5.74, 6) is 1.04. The van der Waals surface area contributed by atoms with Gasteiger partial charge in [0, 0.05) is 0 Å². The van der Waals surface area contributed by atoms with Gasteiger partial charge in [0.05, 0.1) is 0 Å². The summed E-state index contributed by atoms with van der Waals surface area (Å²) in [7, 11) is 0. The molecule has 0 heteroatoms. The molecule has 10 rings (SSSR count). The molecule has 8 aromatic rings. The van der Waals surface area contributed by atoms with Crippen LogP contribution >= 0.6 is 0 Å². The summed E-state index contributed by atoms with van der Waals surface area (Å²) in [5, 5.41) is 13.1. The summed E-state index contributed by atoms with van der Waals surface area (Å²) in [5.41, 5.74) is 12.0. The third-order valence-corrected chi connectivity index (χ3v) is 11.7. The highest BCUT2D eigenvalue weighted by Crippen LogP contribution is 2.52. The Balaban J connectivity index is 0.00000183. The molecule has 53 heavy (non-hydrogen) atoms. The topological polar surface area (TPSA) is 0 Å². The van der Waals surface area contributed by atoms with Crippen LogP contribution in [0.3, 0.4) is 0 Å². The van der Waals surface area contributed by atoms with E-state index in [1.807, 2.05) is 13.8 Å². The van der Waals surface area contributed by atoms with Crippen molar-refractivity contribution >= 4 is 59.4 Å². The summed E-state index contributed by atoms with van der Waals surface area (Å²) >= 11 is 0. The maximum absolute atomic E-state index is 2.46. The van der Waals surface area contributed by atoms with E-state index < -0.39 is 0 Å². The van der Waals surface area contributed by atoms with Crippen LogP contribution in [0.15, 0.2) is 152 Å². The molecule has 0 saturated heterocycles. The van der Waals surface area contributed by atoms with Crippen LogP contribution in [-0.4, -0.2) is 0 Å². The highest BCUT2D eigenvalue weighted by atomic mass is 14.3. The van der Waals surface area contributed by atoms with Gasteiger partial charge in [-0.2, -0.15) is 0 Å². The lowest BCUT2D eigenvalue weighted by molar-refractivity contribution is 0.475. The Labute approximate surface area is 313 Å². The second-order valence-corrected chi connectivity index (χ2v) is 14.9. The van der Waals surface area contributed by atoms with Crippen LogP contribution < -0.4 is 0 Å². The number of rotatable bonds is 3. The number of allylic oxidation sites excluding steroid dienone is 6. The third kappa shape index (κ3) is 5.35. The van der Waals surface area contributed by atoms with Crippen molar-refractivity contribution in [3.63, 3.8) is 0 Å².